The molecule has 3 aromatic carbocycles. The van der Waals surface area contributed by atoms with Crippen LogP contribution in [0.2, 0.25) is 0 Å². The molecule has 9 heteroatoms. The number of nitrogens with one attached hydrogen (secondary N) is 1. The molecule has 5 rings (SSSR count). The third-order valence-electron chi connectivity index (χ3n) is 5.98. The van der Waals surface area contributed by atoms with Gasteiger partial charge in [0.2, 0.25) is 10.0 Å². The van der Waals surface area contributed by atoms with E-state index in [1.54, 1.807) is 25.6 Å². The second-order valence-electron chi connectivity index (χ2n) is 8.26. The summed E-state index contributed by atoms with van der Waals surface area (Å²) >= 11 is 0. The fraction of sp³-hybridized carbons (Fsp3) is 0.111. The molecule has 0 spiro atoms. The highest BCUT2D eigenvalue weighted by molar-refractivity contribution is 7.89. The van der Waals surface area contributed by atoms with Gasteiger partial charge in [0.15, 0.2) is 5.65 Å². The molecule has 0 saturated carbocycles. The summed E-state index contributed by atoms with van der Waals surface area (Å²) in [6, 6.07) is 24.6. The molecule has 0 bridgehead atoms. The molecule has 0 radical (unpaired) electrons. The molecule has 0 saturated heterocycles. The molecule has 0 unspecified atom stereocenters. The number of hydrogen-bond acceptors (Lipinski definition) is 6. The minimum Gasteiger partial charge on any atom is -0.497 e. The number of fused-ring (bicyclic) bond motifs is 1. The van der Waals surface area contributed by atoms with Gasteiger partial charge in [0.25, 0.3) is 0 Å². The van der Waals surface area contributed by atoms with E-state index in [1.165, 1.54) is 12.1 Å². The van der Waals surface area contributed by atoms with Crippen molar-refractivity contribution >= 4 is 26.9 Å². The lowest BCUT2D eigenvalue weighted by molar-refractivity contribution is 0.415. The van der Waals surface area contributed by atoms with E-state index in [0.29, 0.717) is 13.0 Å². The predicted octanol–water partition coefficient (Wildman–Crippen LogP) is 4.40. The van der Waals surface area contributed by atoms with E-state index in [4.69, 9.17) is 9.88 Å². The molecule has 3 N–H and O–H groups in total. The Morgan fingerprint density at radius 2 is 1.67 bits per heavy atom. The van der Waals surface area contributed by atoms with Gasteiger partial charge in [0.05, 0.1) is 17.4 Å². The van der Waals surface area contributed by atoms with Gasteiger partial charge in [-0.3, -0.25) is 0 Å². The summed E-state index contributed by atoms with van der Waals surface area (Å²) in [4.78, 5) is 9.27. The van der Waals surface area contributed by atoms with Crippen molar-refractivity contribution in [1.29, 1.82) is 0 Å². The van der Waals surface area contributed by atoms with Crippen LogP contribution in [-0.2, 0) is 16.4 Å². The number of benzene rings is 3. The maximum absolute atomic E-state index is 11.5. The van der Waals surface area contributed by atoms with Crippen molar-refractivity contribution in [1.82, 2.24) is 14.5 Å². The molecule has 5 aromatic rings. The fourth-order valence-electron chi connectivity index (χ4n) is 4.14. The largest absolute Gasteiger partial charge is 0.497 e. The topological polar surface area (TPSA) is 112 Å². The van der Waals surface area contributed by atoms with Crippen LogP contribution >= 0.6 is 0 Å². The van der Waals surface area contributed by atoms with E-state index in [2.05, 4.69) is 38.2 Å². The van der Waals surface area contributed by atoms with Gasteiger partial charge in [-0.15, -0.1) is 0 Å². The van der Waals surface area contributed by atoms with Gasteiger partial charge in [0.1, 0.15) is 17.9 Å². The zero-order chi connectivity index (χ0) is 25.1. The number of nitrogens with zero attached hydrogens (tertiary/aromatic N) is 3. The zero-order valence-corrected chi connectivity index (χ0v) is 20.4. The summed E-state index contributed by atoms with van der Waals surface area (Å²) in [6.45, 7) is 0.600. The first-order chi connectivity index (χ1) is 17.4. The van der Waals surface area contributed by atoms with Crippen molar-refractivity contribution in [3.63, 3.8) is 0 Å². The van der Waals surface area contributed by atoms with Crippen LogP contribution in [0.1, 0.15) is 5.56 Å². The highest BCUT2D eigenvalue weighted by Crippen LogP contribution is 2.35. The van der Waals surface area contributed by atoms with Crippen LogP contribution in [0.3, 0.4) is 0 Å². The van der Waals surface area contributed by atoms with Crippen molar-refractivity contribution in [3.05, 3.63) is 97.0 Å². The number of nitrogens with two attached hydrogens (primary N) is 1. The predicted molar refractivity (Wildman–Crippen MR) is 141 cm³/mol. The van der Waals surface area contributed by atoms with Crippen molar-refractivity contribution < 1.29 is 13.2 Å². The summed E-state index contributed by atoms with van der Waals surface area (Å²) in [5.74, 6) is 1.51. The number of anilines is 1. The van der Waals surface area contributed by atoms with E-state index in [0.717, 1.165) is 45.0 Å². The highest BCUT2D eigenvalue weighted by atomic mass is 32.2. The molecule has 0 amide bonds. The normalized spacial score (nSPS) is 11.5. The fourth-order valence-corrected chi connectivity index (χ4v) is 4.66. The van der Waals surface area contributed by atoms with Gasteiger partial charge in [-0.25, -0.2) is 23.5 Å². The summed E-state index contributed by atoms with van der Waals surface area (Å²) < 4.78 is 30.4. The van der Waals surface area contributed by atoms with Crippen molar-refractivity contribution in [2.24, 2.45) is 5.14 Å². The van der Waals surface area contributed by atoms with Gasteiger partial charge >= 0.3 is 0 Å². The van der Waals surface area contributed by atoms with Crippen LogP contribution in [0.15, 0.2) is 96.3 Å². The number of methoxy groups -OCH3 is 1. The minimum atomic E-state index is -3.71. The quantitative estimate of drug-likeness (QED) is 0.327. The molecule has 36 heavy (non-hydrogen) atoms. The van der Waals surface area contributed by atoms with Crippen molar-refractivity contribution in [2.75, 3.05) is 19.0 Å². The Labute approximate surface area is 209 Å². The lowest BCUT2D eigenvalue weighted by Gasteiger charge is -2.09. The maximum atomic E-state index is 11.5. The van der Waals surface area contributed by atoms with E-state index in [9.17, 15) is 8.42 Å². The summed E-state index contributed by atoms with van der Waals surface area (Å²) in [5, 5.41) is 9.56. The average molecular weight is 500 g/mol. The number of aromatic nitrogens is 3. The van der Waals surface area contributed by atoms with Crippen LogP contribution in [-0.4, -0.2) is 36.6 Å². The molecule has 182 valence electrons. The standard InChI is InChI=1S/C27H25N5O3S/c1-35-22-11-9-21(10-12-22)32-17-24(20-5-3-2-4-6-20)25-26(30-18-31-27(25)32)29-16-15-19-7-13-23(14-8-19)36(28,33)34/h2-14,17-18H,15-16H2,1H3,(H2,28,33,34)(H,29,30,31). The molecular weight excluding hydrogens is 474 g/mol. The van der Waals surface area contributed by atoms with Crippen molar-refractivity contribution in [3.8, 4) is 22.6 Å². The van der Waals surface area contributed by atoms with E-state index >= 15 is 0 Å². The first-order valence-corrected chi connectivity index (χ1v) is 12.9. The number of sulfonamides is 1. The molecule has 0 aliphatic heterocycles. The highest BCUT2D eigenvalue weighted by Gasteiger charge is 2.17. The summed E-state index contributed by atoms with van der Waals surface area (Å²) in [5.41, 5.74) is 4.81. The van der Waals surface area contributed by atoms with Crippen LogP contribution in [0.5, 0.6) is 5.75 Å². The number of primary sulfonamides is 1. The Morgan fingerprint density at radius 1 is 0.944 bits per heavy atom. The SMILES string of the molecule is COc1ccc(-n2cc(-c3ccccc3)c3c(NCCc4ccc(S(N)(=O)=O)cc4)ncnc32)cc1. The lowest BCUT2D eigenvalue weighted by atomic mass is 10.1. The van der Waals surface area contributed by atoms with E-state index in [1.807, 2.05) is 42.5 Å². The average Bonchev–Trinajstić information content (AvgIpc) is 3.30. The van der Waals surface area contributed by atoms with Gasteiger partial charge in [-0.2, -0.15) is 0 Å². The van der Waals surface area contributed by atoms with Crippen LogP contribution in [0, 0.1) is 0 Å². The Bertz CT molecular complexity index is 1600. The van der Waals surface area contributed by atoms with Gasteiger partial charge in [0, 0.05) is 24.0 Å². The molecule has 0 fully saturated rings. The number of rotatable bonds is 8. The van der Waals surface area contributed by atoms with Crippen LogP contribution in [0.4, 0.5) is 5.82 Å². The Balaban J connectivity index is 1.49. The molecule has 0 aliphatic rings. The smallest absolute Gasteiger partial charge is 0.238 e. The molecule has 0 aliphatic carbocycles. The number of ether oxygens (including phenoxy) is 1. The van der Waals surface area contributed by atoms with Crippen LogP contribution < -0.4 is 15.2 Å². The van der Waals surface area contributed by atoms with Gasteiger partial charge in [-0.1, -0.05) is 42.5 Å². The first-order valence-electron chi connectivity index (χ1n) is 11.4. The summed E-state index contributed by atoms with van der Waals surface area (Å²) in [6.07, 6.45) is 4.31. The monoisotopic (exact) mass is 499 g/mol. The third kappa shape index (κ3) is 4.79. The van der Waals surface area contributed by atoms with Gasteiger partial charge < -0.3 is 14.6 Å². The molecule has 8 nitrogen and oxygen atoms in total. The zero-order valence-electron chi connectivity index (χ0n) is 19.6. The second-order valence-corrected chi connectivity index (χ2v) is 9.82. The molecule has 0 atom stereocenters. The van der Waals surface area contributed by atoms with E-state index in [-0.39, 0.29) is 4.90 Å². The summed E-state index contributed by atoms with van der Waals surface area (Å²) in [7, 11) is -2.06. The van der Waals surface area contributed by atoms with Crippen molar-refractivity contribution in [2.45, 2.75) is 11.3 Å². The van der Waals surface area contributed by atoms with Gasteiger partial charge in [-0.05, 0) is 53.9 Å². The maximum Gasteiger partial charge on any atom is 0.238 e. The van der Waals surface area contributed by atoms with Crippen LogP contribution in [0.25, 0.3) is 27.8 Å². The Hall–Kier alpha value is -4.21. The van der Waals surface area contributed by atoms with E-state index < -0.39 is 10.0 Å². The lowest BCUT2D eigenvalue weighted by Crippen LogP contribution is -2.12. The molecular formula is C27H25N5O3S. The first kappa shape index (κ1) is 23.5. The number of hydrogen-bond donors (Lipinski definition) is 2. The Morgan fingerprint density at radius 3 is 2.33 bits per heavy atom. The minimum absolute atomic E-state index is 0.101. The third-order valence-corrected chi connectivity index (χ3v) is 6.91. The molecule has 2 heterocycles. The second kappa shape index (κ2) is 9.80. The Kier molecular flexibility index (Phi) is 6.41. The molecule has 2 aromatic heterocycles.